The molecule has 15 heavy (non-hydrogen) atoms. The number of allylic oxidation sites excluding steroid dienone is 2. The number of pyridine rings is 1. The quantitative estimate of drug-likeness (QED) is 0.688. The third-order valence-electron chi connectivity index (χ3n) is 2.83. The van der Waals surface area contributed by atoms with Crippen LogP contribution < -0.4 is 0 Å². The molecular formula is C13H15NO. The van der Waals surface area contributed by atoms with Gasteiger partial charge in [-0.05, 0) is 50.3 Å². The minimum absolute atomic E-state index is 0.167. The Labute approximate surface area is 90.0 Å². The van der Waals surface area contributed by atoms with Crippen LogP contribution >= 0.6 is 0 Å². The van der Waals surface area contributed by atoms with Crippen molar-refractivity contribution < 1.29 is 4.79 Å². The smallest absolute Gasteiger partial charge is 0.190 e. The molecule has 1 aliphatic rings. The summed E-state index contributed by atoms with van der Waals surface area (Å²) in [6.45, 7) is 1.89. The van der Waals surface area contributed by atoms with Crippen molar-refractivity contribution >= 4 is 5.78 Å². The molecule has 1 aromatic rings. The highest BCUT2D eigenvalue weighted by Gasteiger charge is 2.16. The molecule has 0 radical (unpaired) electrons. The number of ketones is 1. The lowest BCUT2D eigenvalue weighted by Crippen LogP contribution is -2.08. The molecule has 0 fully saturated rings. The van der Waals surface area contributed by atoms with Crippen molar-refractivity contribution in [2.75, 3.05) is 0 Å². The van der Waals surface area contributed by atoms with Crippen molar-refractivity contribution in [2.45, 2.75) is 32.6 Å². The van der Waals surface area contributed by atoms with Gasteiger partial charge in [-0.15, -0.1) is 0 Å². The van der Waals surface area contributed by atoms with Crippen LogP contribution in [0, 0.1) is 6.92 Å². The van der Waals surface area contributed by atoms with Crippen molar-refractivity contribution in [1.82, 2.24) is 4.98 Å². The van der Waals surface area contributed by atoms with Gasteiger partial charge in [0.2, 0.25) is 0 Å². The van der Waals surface area contributed by atoms with E-state index in [0.717, 1.165) is 36.1 Å². The van der Waals surface area contributed by atoms with E-state index in [-0.39, 0.29) is 5.78 Å². The van der Waals surface area contributed by atoms with Crippen molar-refractivity contribution in [1.29, 1.82) is 0 Å². The Hall–Kier alpha value is -1.44. The molecule has 1 aliphatic carbocycles. The predicted molar refractivity (Wildman–Crippen MR) is 59.9 cm³/mol. The maximum Gasteiger partial charge on any atom is 0.190 e. The van der Waals surface area contributed by atoms with Crippen molar-refractivity contribution in [3.63, 3.8) is 0 Å². The fourth-order valence-electron chi connectivity index (χ4n) is 1.94. The van der Waals surface area contributed by atoms with Gasteiger partial charge in [0.25, 0.3) is 0 Å². The van der Waals surface area contributed by atoms with Crippen LogP contribution in [0.5, 0.6) is 0 Å². The average Bonchev–Trinajstić information content (AvgIpc) is 2.30. The first-order chi connectivity index (χ1) is 7.29. The zero-order chi connectivity index (χ0) is 10.7. The molecule has 78 valence electrons. The van der Waals surface area contributed by atoms with E-state index in [1.54, 1.807) is 6.20 Å². The minimum Gasteiger partial charge on any atom is -0.289 e. The van der Waals surface area contributed by atoms with Gasteiger partial charge in [0.1, 0.15) is 0 Å². The SMILES string of the molecule is Cc1ncccc1C(=O)C1=CCCCC1. The number of rotatable bonds is 2. The monoisotopic (exact) mass is 201 g/mol. The summed E-state index contributed by atoms with van der Waals surface area (Å²) >= 11 is 0. The lowest BCUT2D eigenvalue weighted by molar-refractivity contribution is 0.102. The Morgan fingerprint density at radius 1 is 1.40 bits per heavy atom. The summed E-state index contributed by atoms with van der Waals surface area (Å²) in [7, 11) is 0. The van der Waals surface area contributed by atoms with Gasteiger partial charge in [0, 0.05) is 17.5 Å². The van der Waals surface area contributed by atoms with Crippen LogP contribution in [0.1, 0.15) is 41.7 Å². The van der Waals surface area contributed by atoms with E-state index in [0.29, 0.717) is 0 Å². The van der Waals surface area contributed by atoms with E-state index in [4.69, 9.17) is 0 Å². The highest BCUT2D eigenvalue weighted by molar-refractivity contribution is 6.09. The number of carbonyl (C=O) groups excluding carboxylic acids is 1. The molecule has 1 heterocycles. The first-order valence-electron chi connectivity index (χ1n) is 5.44. The highest BCUT2D eigenvalue weighted by atomic mass is 16.1. The number of aryl methyl sites for hydroxylation is 1. The molecule has 1 aromatic heterocycles. The van der Waals surface area contributed by atoms with Gasteiger partial charge in [-0.1, -0.05) is 6.08 Å². The molecule has 0 bridgehead atoms. The summed E-state index contributed by atoms with van der Waals surface area (Å²) in [4.78, 5) is 16.3. The minimum atomic E-state index is 0.167. The van der Waals surface area contributed by atoms with Crippen LogP contribution in [0.15, 0.2) is 30.0 Å². The molecule has 2 heteroatoms. The topological polar surface area (TPSA) is 30.0 Å². The second-order valence-corrected chi connectivity index (χ2v) is 3.94. The third kappa shape index (κ3) is 2.14. The van der Waals surface area contributed by atoms with Crippen LogP contribution in [-0.2, 0) is 0 Å². The molecule has 0 spiro atoms. The van der Waals surface area contributed by atoms with E-state index in [2.05, 4.69) is 11.1 Å². The lowest BCUT2D eigenvalue weighted by Gasteiger charge is -2.12. The Kier molecular flexibility index (Phi) is 2.95. The molecule has 0 aliphatic heterocycles. The number of Topliss-reactive ketones (excluding diaryl/α,β-unsaturated/α-hetero) is 1. The Balaban J connectivity index is 2.28. The first-order valence-corrected chi connectivity index (χ1v) is 5.44. The van der Waals surface area contributed by atoms with Gasteiger partial charge >= 0.3 is 0 Å². The van der Waals surface area contributed by atoms with Gasteiger partial charge in [-0.25, -0.2) is 0 Å². The summed E-state index contributed by atoms with van der Waals surface area (Å²) in [5.74, 6) is 0.167. The first kappa shape index (κ1) is 10.1. The van der Waals surface area contributed by atoms with Gasteiger partial charge < -0.3 is 0 Å². The molecule has 0 saturated heterocycles. The van der Waals surface area contributed by atoms with Crippen molar-refractivity contribution in [2.24, 2.45) is 0 Å². The zero-order valence-electron chi connectivity index (χ0n) is 8.99. The number of hydrogen-bond acceptors (Lipinski definition) is 2. The van der Waals surface area contributed by atoms with Crippen LogP contribution in [0.2, 0.25) is 0 Å². The summed E-state index contributed by atoms with van der Waals surface area (Å²) in [5.41, 5.74) is 2.55. The third-order valence-corrected chi connectivity index (χ3v) is 2.83. The molecule has 2 nitrogen and oxygen atoms in total. The normalized spacial score (nSPS) is 15.9. The summed E-state index contributed by atoms with van der Waals surface area (Å²) in [6, 6.07) is 3.68. The van der Waals surface area contributed by atoms with E-state index in [1.165, 1.54) is 6.42 Å². The standard InChI is InChI=1S/C13H15NO/c1-10-12(8-5-9-14-10)13(15)11-6-3-2-4-7-11/h5-6,8-9H,2-4,7H2,1H3. The number of carbonyl (C=O) groups is 1. The van der Waals surface area contributed by atoms with E-state index >= 15 is 0 Å². The molecule has 0 amide bonds. The maximum atomic E-state index is 12.1. The molecular weight excluding hydrogens is 186 g/mol. The van der Waals surface area contributed by atoms with Crippen LogP contribution in [0.25, 0.3) is 0 Å². The zero-order valence-corrected chi connectivity index (χ0v) is 8.99. The van der Waals surface area contributed by atoms with Gasteiger partial charge in [-0.3, -0.25) is 9.78 Å². The van der Waals surface area contributed by atoms with Gasteiger partial charge in [0.05, 0.1) is 0 Å². The Bertz CT molecular complexity index is 407. The molecule has 0 aromatic carbocycles. The lowest BCUT2D eigenvalue weighted by atomic mass is 9.92. The second-order valence-electron chi connectivity index (χ2n) is 3.94. The van der Waals surface area contributed by atoms with Crippen LogP contribution in [-0.4, -0.2) is 10.8 Å². The van der Waals surface area contributed by atoms with Crippen LogP contribution in [0.4, 0.5) is 0 Å². The van der Waals surface area contributed by atoms with Crippen molar-refractivity contribution in [3.8, 4) is 0 Å². The Morgan fingerprint density at radius 2 is 2.27 bits per heavy atom. The number of nitrogens with zero attached hydrogens (tertiary/aromatic N) is 1. The van der Waals surface area contributed by atoms with Crippen LogP contribution in [0.3, 0.4) is 0 Å². The largest absolute Gasteiger partial charge is 0.289 e. The van der Waals surface area contributed by atoms with E-state index in [1.807, 2.05) is 19.1 Å². The van der Waals surface area contributed by atoms with Crippen molar-refractivity contribution in [3.05, 3.63) is 41.2 Å². The molecule has 2 rings (SSSR count). The van der Waals surface area contributed by atoms with Gasteiger partial charge in [0.15, 0.2) is 5.78 Å². The summed E-state index contributed by atoms with van der Waals surface area (Å²) < 4.78 is 0. The highest BCUT2D eigenvalue weighted by Crippen LogP contribution is 2.21. The van der Waals surface area contributed by atoms with E-state index in [9.17, 15) is 4.79 Å². The molecule has 0 saturated carbocycles. The maximum absolute atomic E-state index is 12.1. The second kappa shape index (κ2) is 4.39. The number of hydrogen-bond donors (Lipinski definition) is 0. The van der Waals surface area contributed by atoms with E-state index < -0.39 is 0 Å². The number of aromatic nitrogens is 1. The molecule has 0 atom stereocenters. The fourth-order valence-corrected chi connectivity index (χ4v) is 1.94. The average molecular weight is 201 g/mol. The summed E-state index contributed by atoms with van der Waals surface area (Å²) in [5, 5.41) is 0. The fraction of sp³-hybridized carbons (Fsp3) is 0.385. The molecule has 0 N–H and O–H groups in total. The van der Waals surface area contributed by atoms with Gasteiger partial charge in [-0.2, -0.15) is 0 Å². The summed E-state index contributed by atoms with van der Waals surface area (Å²) in [6.07, 6.45) is 8.12. The predicted octanol–water partition coefficient (Wildman–Crippen LogP) is 3.07. The molecule has 0 unspecified atom stereocenters. The Morgan fingerprint density at radius 3 is 2.93 bits per heavy atom.